The van der Waals surface area contributed by atoms with Crippen molar-refractivity contribution in [1.29, 1.82) is 0 Å². The molecule has 0 N–H and O–H groups in total. The van der Waals surface area contributed by atoms with Crippen molar-refractivity contribution in [2.45, 2.75) is 65.3 Å². The minimum Gasteiger partial charge on any atom is -0.226 e. The Bertz CT molecular complexity index is 1020. The molecule has 27 heavy (non-hydrogen) atoms. The van der Waals surface area contributed by atoms with E-state index in [2.05, 4.69) is 79.3 Å². The summed E-state index contributed by atoms with van der Waals surface area (Å²) in [6.45, 7) is 10.1. The Balaban J connectivity index is 1.93. The molecule has 3 aromatic rings. The van der Waals surface area contributed by atoms with Crippen LogP contribution in [0.15, 0.2) is 42.5 Å². The smallest absolute Gasteiger partial charge is 0.226 e. The normalized spacial score (nSPS) is 20.3. The fraction of sp³-hybridized carbons (Fsp3) is 0.400. The van der Waals surface area contributed by atoms with Gasteiger partial charge in [0.15, 0.2) is 5.69 Å². The van der Waals surface area contributed by atoms with E-state index in [9.17, 15) is 0 Å². The van der Waals surface area contributed by atoms with Gasteiger partial charge >= 0.3 is 0 Å². The number of aryl methyl sites for hydroxylation is 3. The minimum absolute atomic E-state index is 0.722. The topological polar surface area (TPSA) is 8.81 Å². The van der Waals surface area contributed by atoms with E-state index < -0.39 is 0 Å². The van der Waals surface area contributed by atoms with Crippen molar-refractivity contribution >= 4 is 0 Å². The van der Waals surface area contributed by atoms with Crippen LogP contribution in [0.5, 0.6) is 0 Å². The summed E-state index contributed by atoms with van der Waals surface area (Å²) in [6, 6.07) is 15.6. The summed E-state index contributed by atoms with van der Waals surface area (Å²) in [5.41, 5.74) is 10.1. The van der Waals surface area contributed by atoms with Crippen LogP contribution < -0.4 is 4.57 Å². The summed E-state index contributed by atoms with van der Waals surface area (Å²) in [5.74, 6) is 2.85. The maximum Gasteiger partial charge on any atom is 0.294 e. The molecule has 2 nitrogen and oxygen atoms in total. The number of para-hydroxylation sites is 1. The first-order chi connectivity index (χ1) is 13.1. The predicted octanol–water partition coefficient (Wildman–Crippen LogP) is 5.74. The Morgan fingerprint density at radius 2 is 1.56 bits per heavy atom. The standard InChI is InChI=1S/C25H29N2/c1-5-26-23-19-13-14-20(15-19)24(23)27(22-17(3)10-8-11-18(22)4)25(26)21-12-7-6-9-16(21)2/h6-12,19-20H,5,13-15H2,1-4H3/q+1. The lowest BCUT2D eigenvalue weighted by Gasteiger charge is -2.14. The zero-order valence-corrected chi connectivity index (χ0v) is 16.9. The lowest BCUT2D eigenvalue weighted by Crippen LogP contribution is -2.38. The highest BCUT2D eigenvalue weighted by Gasteiger charge is 2.49. The van der Waals surface area contributed by atoms with Crippen molar-refractivity contribution in [3.8, 4) is 17.1 Å². The molecule has 0 spiro atoms. The van der Waals surface area contributed by atoms with Crippen LogP contribution in [-0.4, -0.2) is 4.57 Å². The van der Waals surface area contributed by atoms with Crippen LogP contribution in [0.3, 0.4) is 0 Å². The van der Waals surface area contributed by atoms with E-state index in [-0.39, 0.29) is 0 Å². The second-order valence-corrected chi connectivity index (χ2v) is 8.44. The minimum atomic E-state index is 0.722. The van der Waals surface area contributed by atoms with Crippen molar-refractivity contribution < 1.29 is 4.57 Å². The highest BCUT2D eigenvalue weighted by atomic mass is 15.2. The molecule has 1 heterocycles. The number of benzene rings is 2. The van der Waals surface area contributed by atoms with E-state index in [1.54, 1.807) is 11.4 Å². The molecule has 0 amide bonds. The van der Waals surface area contributed by atoms with Gasteiger partial charge in [0.05, 0.1) is 12.1 Å². The van der Waals surface area contributed by atoms with Gasteiger partial charge in [-0.3, -0.25) is 0 Å². The molecule has 138 valence electrons. The third-order valence-electron chi connectivity index (χ3n) is 6.83. The van der Waals surface area contributed by atoms with Crippen LogP contribution >= 0.6 is 0 Å². The third-order valence-corrected chi connectivity index (χ3v) is 6.83. The highest BCUT2D eigenvalue weighted by Crippen LogP contribution is 2.54. The van der Waals surface area contributed by atoms with E-state index in [0.717, 1.165) is 18.4 Å². The van der Waals surface area contributed by atoms with Crippen molar-refractivity contribution in [2.75, 3.05) is 0 Å². The van der Waals surface area contributed by atoms with E-state index in [4.69, 9.17) is 0 Å². The molecule has 1 fully saturated rings. The summed E-state index contributed by atoms with van der Waals surface area (Å²) in [6.07, 6.45) is 4.06. The molecule has 2 unspecified atom stereocenters. The average molecular weight is 358 g/mol. The second-order valence-electron chi connectivity index (χ2n) is 8.44. The van der Waals surface area contributed by atoms with Crippen LogP contribution in [0.4, 0.5) is 0 Å². The maximum absolute atomic E-state index is 2.65. The number of fused-ring (bicyclic) bond motifs is 5. The van der Waals surface area contributed by atoms with Gasteiger partial charge in [-0.15, -0.1) is 0 Å². The largest absolute Gasteiger partial charge is 0.294 e. The van der Waals surface area contributed by atoms with Crippen LogP contribution in [0.1, 0.15) is 66.1 Å². The van der Waals surface area contributed by atoms with Crippen LogP contribution in [-0.2, 0) is 6.54 Å². The Morgan fingerprint density at radius 3 is 2.26 bits per heavy atom. The Kier molecular flexibility index (Phi) is 3.79. The predicted molar refractivity (Wildman–Crippen MR) is 111 cm³/mol. The van der Waals surface area contributed by atoms with Gasteiger partial charge in [-0.2, -0.15) is 4.57 Å². The first kappa shape index (κ1) is 16.8. The average Bonchev–Trinajstić information content (AvgIpc) is 3.33. The number of imidazole rings is 1. The number of nitrogens with zero attached hydrogens (tertiary/aromatic N) is 2. The molecule has 1 saturated carbocycles. The number of rotatable bonds is 3. The molecule has 5 rings (SSSR count). The van der Waals surface area contributed by atoms with Crippen molar-refractivity contribution in [2.24, 2.45) is 0 Å². The van der Waals surface area contributed by atoms with Gasteiger partial charge in [0.25, 0.3) is 5.82 Å². The quantitative estimate of drug-likeness (QED) is 0.528. The monoisotopic (exact) mass is 357 g/mol. The Morgan fingerprint density at radius 1 is 0.889 bits per heavy atom. The molecule has 2 aromatic carbocycles. The molecule has 0 saturated heterocycles. The first-order valence-electron chi connectivity index (χ1n) is 10.4. The van der Waals surface area contributed by atoms with Crippen LogP contribution in [0, 0.1) is 20.8 Å². The molecule has 1 aromatic heterocycles. The molecule has 2 bridgehead atoms. The van der Waals surface area contributed by atoms with Gasteiger partial charge in [0, 0.05) is 11.8 Å². The Labute approximate surface area is 162 Å². The first-order valence-corrected chi connectivity index (χ1v) is 10.4. The maximum atomic E-state index is 2.65. The van der Waals surface area contributed by atoms with Crippen molar-refractivity contribution in [3.05, 3.63) is 70.5 Å². The highest BCUT2D eigenvalue weighted by molar-refractivity contribution is 5.64. The van der Waals surface area contributed by atoms with Gasteiger partial charge < -0.3 is 0 Å². The van der Waals surface area contributed by atoms with Crippen molar-refractivity contribution in [1.82, 2.24) is 4.57 Å². The van der Waals surface area contributed by atoms with E-state index in [0.29, 0.717) is 0 Å². The van der Waals surface area contributed by atoms with E-state index >= 15 is 0 Å². The molecule has 2 aliphatic rings. The van der Waals surface area contributed by atoms with Gasteiger partial charge in [-0.25, -0.2) is 4.57 Å². The van der Waals surface area contributed by atoms with Crippen LogP contribution in [0.25, 0.3) is 17.1 Å². The van der Waals surface area contributed by atoms with Gasteiger partial charge in [0.1, 0.15) is 11.4 Å². The molecular weight excluding hydrogens is 328 g/mol. The molecule has 2 atom stereocenters. The summed E-state index contributed by atoms with van der Waals surface area (Å²) in [5, 5.41) is 0. The SMILES string of the molecule is CC[n+]1c2c(n(-c3c(C)cccc3C)c1-c1ccccc1C)C1CCC2C1. The summed E-state index contributed by atoms with van der Waals surface area (Å²) in [7, 11) is 0. The van der Waals surface area contributed by atoms with Gasteiger partial charge in [0.2, 0.25) is 0 Å². The number of hydrogen-bond acceptors (Lipinski definition) is 0. The zero-order chi connectivity index (χ0) is 18.7. The lowest BCUT2D eigenvalue weighted by atomic mass is 10.00. The Hall–Kier alpha value is -2.35. The molecule has 2 heteroatoms. The summed E-state index contributed by atoms with van der Waals surface area (Å²) < 4.78 is 5.28. The fourth-order valence-electron chi connectivity index (χ4n) is 5.70. The van der Waals surface area contributed by atoms with Gasteiger partial charge in [-0.1, -0.05) is 36.4 Å². The molecule has 0 radical (unpaired) electrons. The summed E-state index contributed by atoms with van der Waals surface area (Å²) in [4.78, 5) is 0. The third kappa shape index (κ3) is 2.29. The summed E-state index contributed by atoms with van der Waals surface area (Å²) >= 11 is 0. The molecular formula is C25H29N2+. The zero-order valence-electron chi connectivity index (χ0n) is 16.9. The van der Waals surface area contributed by atoms with Crippen LogP contribution in [0.2, 0.25) is 0 Å². The second kappa shape index (κ2) is 6.09. The molecule has 0 aliphatic heterocycles. The lowest BCUT2D eigenvalue weighted by molar-refractivity contribution is -0.690. The van der Waals surface area contributed by atoms with E-state index in [1.807, 2.05) is 0 Å². The number of aromatic nitrogens is 2. The fourth-order valence-corrected chi connectivity index (χ4v) is 5.70. The molecule has 2 aliphatic carbocycles. The number of hydrogen-bond donors (Lipinski definition) is 0. The van der Waals surface area contributed by atoms with Crippen molar-refractivity contribution in [3.63, 3.8) is 0 Å². The van der Waals surface area contributed by atoms with Gasteiger partial charge in [-0.05, 0) is 69.7 Å². The van der Waals surface area contributed by atoms with E-state index in [1.165, 1.54) is 53.0 Å².